The summed E-state index contributed by atoms with van der Waals surface area (Å²) in [5.74, 6) is -0.0913. The van der Waals surface area contributed by atoms with Gasteiger partial charge in [-0.05, 0) is 50.2 Å². The largest absolute Gasteiger partial charge is 0.493 e. The number of anilines is 1. The van der Waals surface area contributed by atoms with Crippen molar-refractivity contribution in [3.05, 3.63) is 95.0 Å². The molecule has 4 rings (SSSR count). The van der Waals surface area contributed by atoms with Crippen molar-refractivity contribution in [1.29, 1.82) is 0 Å². The van der Waals surface area contributed by atoms with Gasteiger partial charge in [-0.25, -0.2) is 0 Å². The number of fused-ring (bicyclic) bond motifs is 1. The number of carbonyl (C=O) groups is 1. The molecule has 0 fully saturated rings. The number of carbonyl (C=O) groups excluding carboxylic acids is 1. The van der Waals surface area contributed by atoms with E-state index in [0.717, 1.165) is 11.1 Å². The molecule has 0 saturated heterocycles. The number of rotatable bonds is 6. The van der Waals surface area contributed by atoms with Gasteiger partial charge in [0.15, 0.2) is 11.3 Å². The molecule has 0 spiro atoms. The molecule has 1 heterocycles. The van der Waals surface area contributed by atoms with E-state index in [4.69, 9.17) is 9.15 Å². The summed E-state index contributed by atoms with van der Waals surface area (Å²) < 4.78 is 36.7. The Balaban J connectivity index is 1.79. The molecule has 4 aromatic rings. The molecule has 174 valence electrons. The zero-order valence-electron chi connectivity index (χ0n) is 18.8. The van der Waals surface area contributed by atoms with Crippen molar-refractivity contribution < 1.29 is 22.4 Å². The van der Waals surface area contributed by atoms with E-state index in [1.807, 2.05) is 26.0 Å². The lowest BCUT2D eigenvalue weighted by Crippen LogP contribution is -2.27. The molecule has 3 aromatic carbocycles. The Labute approximate surface area is 196 Å². The molecule has 0 radical (unpaired) electrons. The molecule has 2 N–H and O–H groups in total. The fourth-order valence-corrected chi connectivity index (χ4v) is 4.04. The molecule has 34 heavy (non-hydrogen) atoms. The van der Waals surface area contributed by atoms with Crippen molar-refractivity contribution in [1.82, 2.24) is 4.83 Å². The van der Waals surface area contributed by atoms with Gasteiger partial charge in [0.1, 0.15) is 5.56 Å². The third-order valence-corrected chi connectivity index (χ3v) is 6.34. The van der Waals surface area contributed by atoms with Gasteiger partial charge in [0.2, 0.25) is 5.55 Å². The minimum atomic E-state index is -3.99. The highest BCUT2D eigenvalue weighted by atomic mass is 32.2. The number of hydrogen-bond donors (Lipinski definition) is 2. The summed E-state index contributed by atoms with van der Waals surface area (Å²) in [4.78, 5) is 15.3. The predicted octanol–water partition coefficient (Wildman–Crippen LogP) is 4.10. The monoisotopic (exact) mass is 477 g/mol. The molecular formula is C25H23N3O5S. The average Bonchev–Trinajstić information content (AvgIpc) is 2.83. The van der Waals surface area contributed by atoms with Crippen LogP contribution < -0.4 is 20.4 Å². The Kier molecular flexibility index (Phi) is 6.38. The lowest BCUT2D eigenvalue weighted by atomic mass is 10.1. The molecular weight excluding hydrogens is 454 g/mol. The Hall–Kier alpha value is -4.11. The second-order valence-electron chi connectivity index (χ2n) is 7.68. The van der Waals surface area contributed by atoms with Gasteiger partial charge < -0.3 is 14.5 Å². The summed E-state index contributed by atoms with van der Waals surface area (Å²) in [6, 6.07) is 20.4. The molecule has 1 amide bonds. The quantitative estimate of drug-likeness (QED) is 0.406. The third kappa shape index (κ3) is 4.94. The van der Waals surface area contributed by atoms with Gasteiger partial charge in [-0.15, -0.1) is 5.10 Å². The van der Waals surface area contributed by atoms with Gasteiger partial charge in [-0.1, -0.05) is 47.5 Å². The molecule has 1 aromatic heterocycles. The molecule has 0 aliphatic heterocycles. The van der Waals surface area contributed by atoms with Crippen molar-refractivity contribution in [2.24, 2.45) is 5.10 Å². The standard InChI is InChI=1S/C25H23N3O5S/c1-16-7-11-19(12-8-16)26-24(29)21-15-18-5-4-6-22(32-3)23(18)33-25(21)27-28-34(30,31)20-13-9-17(2)10-14-20/h4-15,28H,1-3H3,(H,26,29)/b27-25-. The van der Waals surface area contributed by atoms with E-state index in [-0.39, 0.29) is 16.0 Å². The summed E-state index contributed by atoms with van der Waals surface area (Å²) in [5.41, 5.74) is 2.71. The molecule has 0 saturated carbocycles. The van der Waals surface area contributed by atoms with Crippen LogP contribution in [-0.2, 0) is 10.0 Å². The summed E-state index contributed by atoms with van der Waals surface area (Å²) in [5, 5.41) is 7.34. The van der Waals surface area contributed by atoms with Crippen LogP contribution in [0.1, 0.15) is 21.5 Å². The third-order valence-electron chi connectivity index (χ3n) is 5.11. The zero-order chi connectivity index (χ0) is 24.3. The molecule has 8 nitrogen and oxygen atoms in total. The van der Waals surface area contributed by atoms with Gasteiger partial charge in [-0.3, -0.25) is 4.79 Å². The minimum absolute atomic E-state index is 0.0332. The number of hydrogen-bond acceptors (Lipinski definition) is 6. The Morgan fingerprint density at radius 3 is 2.24 bits per heavy atom. The van der Waals surface area contributed by atoms with Gasteiger partial charge in [0.25, 0.3) is 15.9 Å². The Morgan fingerprint density at radius 2 is 1.59 bits per heavy atom. The highest BCUT2D eigenvalue weighted by molar-refractivity contribution is 7.89. The number of para-hydroxylation sites is 1. The van der Waals surface area contributed by atoms with E-state index in [0.29, 0.717) is 22.4 Å². The number of ether oxygens (including phenoxy) is 1. The molecule has 0 aliphatic carbocycles. The van der Waals surface area contributed by atoms with Crippen LogP contribution in [0, 0.1) is 13.8 Å². The molecule has 0 atom stereocenters. The van der Waals surface area contributed by atoms with Crippen LogP contribution in [0.15, 0.2) is 87.2 Å². The summed E-state index contributed by atoms with van der Waals surface area (Å²) >= 11 is 0. The first-order chi connectivity index (χ1) is 16.3. The fraction of sp³-hybridized carbons (Fsp3) is 0.120. The van der Waals surface area contributed by atoms with Gasteiger partial charge in [0, 0.05) is 11.1 Å². The number of aryl methyl sites for hydroxylation is 2. The van der Waals surface area contributed by atoms with Crippen LogP contribution in [-0.4, -0.2) is 21.4 Å². The van der Waals surface area contributed by atoms with Crippen molar-refractivity contribution in [2.45, 2.75) is 18.7 Å². The van der Waals surface area contributed by atoms with Crippen LogP contribution in [0.2, 0.25) is 0 Å². The topological polar surface area (TPSA) is 110 Å². The van der Waals surface area contributed by atoms with E-state index in [1.54, 1.807) is 48.5 Å². The van der Waals surface area contributed by atoms with E-state index < -0.39 is 15.9 Å². The average molecular weight is 478 g/mol. The van der Waals surface area contributed by atoms with Crippen LogP contribution in [0.4, 0.5) is 5.69 Å². The second-order valence-corrected chi connectivity index (χ2v) is 9.34. The molecule has 0 bridgehead atoms. The van der Waals surface area contributed by atoms with E-state index in [2.05, 4.69) is 15.2 Å². The summed E-state index contributed by atoms with van der Waals surface area (Å²) in [6.45, 7) is 3.80. The number of sulfonamides is 1. The van der Waals surface area contributed by atoms with Crippen LogP contribution in [0.5, 0.6) is 5.75 Å². The van der Waals surface area contributed by atoms with Crippen molar-refractivity contribution in [3.63, 3.8) is 0 Å². The Bertz CT molecular complexity index is 1520. The maximum atomic E-state index is 13.1. The first kappa shape index (κ1) is 23.1. The Morgan fingerprint density at radius 1 is 0.941 bits per heavy atom. The lowest BCUT2D eigenvalue weighted by molar-refractivity contribution is 0.102. The van der Waals surface area contributed by atoms with Gasteiger partial charge in [0.05, 0.1) is 12.0 Å². The van der Waals surface area contributed by atoms with Crippen LogP contribution in [0.3, 0.4) is 0 Å². The molecule has 9 heteroatoms. The number of nitrogens with zero attached hydrogens (tertiary/aromatic N) is 1. The number of methoxy groups -OCH3 is 1. The first-order valence-corrected chi connectivity index (χ1v) is 11.9. The van der Waals surface area contributed by atoms with E-state index in [9.17, 15) is 13.2 Å². The summed E-state index contributed by atoms with van der Waals surface area (Å²) in [6.07, 6.45) is 0. The van der Waals surface area contributed by atoms with E-state index in [1.165, 1.54) is 19.2 Å². The highest BCUT2D eigenvalue weighted by Crippen LogP contribution is 2.25. The van der Waals surface area contributed by atoms with Crippen molar-refractivity contribution >= 4 is 32.6 Å². The normalized spacial score (nSPS) is 11.9. The van der Waals surface area contributed by atoms with Gasteiger partial charge in [-0.2, -0.15) is 13.2 Å². The van der Waals surface area contributed by atoms with E-state index >= 15 is 0 Å². The van der Waals surface area contributed by atoms with Crippen molar-refractivity contribution in [2.75, 3.05) is 12.4 Å². The smallest absolute Gasteiger partial charge is 0.276 e. The fourth-order valence-electron chi connectivity index (χ4n) is 3.24. The molecule has 0 unspecified atom stereocenters. The highest BCUT2D eigenvalue weighted by Gasteiger charge is 2.17. The second kappa shape index (κ2) is 9.40. The minimum Gasteiger partial charge on any atom is -0.493 e. The van der Waals surface area contributed by atoms with Gasteiger partial charge >= 0.3 is 0 Å². The predicted molar refractivity (Wildman–Crippen MR) is 129 cm³/mol. The summed E-state index contributed by atoms with van der Waals surface area (Å²) in [7, 11) is -2.50. The number of nitrogens with one attached hydrogen (secondary N) is 2. The maximum Gasteiger partial charge on any atom is 0.276 e. The zero-order valence-corrected chi connectivity index (χ0v) is 19.6. The number of benzene rings is 3. The number of amides is 1. The SMILES string of the molecule is COc1cccc2cc(C(=O)Nc3ccc(C)cc3)/c(=N/NS(=O)(=O)c3ccc(C)cc3)oc12. The van der Waals surface area contributed by atoms with Crippen molar-refractivity contribution in [3.8, 4) is 5.75 Å². The maximum absolute atomic E-state index is 13.1. The molecule has 0 aliphatic rings. The van der Waals surface area contributed by atoms with Crippen LogP contribution >= 0.6 is 0 Å². The lowest BCUT2D eigenvalue weighted by Gasteiger charge is -2.09. The van der Waals surface area contributed by atoms with Crippen LogP contribution in [0.25, 0.3) is 11.0 Å². The first-order valence-electron chi connectivity index (χ1n) is 10.4.